The van der Waals surface area contributed by atoms with Crippen LogP contribution >= 0.6 is 11.6 Å². The van der Waals surface area contributed by atoms with Gasteiger partial charge in [-0.15, -0.1) is 0 Å². The van der Waals surface area contributed by atoms with Crippen molar-refractivity contribution in [2.24, 2.45) is 0 Å². The van der Waals surface area contributed by atoms with Crippen molar-refractivity contribution in [2.75, 3.05) is 19.0 Å². The summed E-state index contributed by atoms with van der Waals surface area (Å²) >= 11 is 5.82. The summed E-state index contributed by atoms with van der Waals surface area (Å²) in [6, 6.07) is 7.26. The molecule has 0 radical (unpaired) electrons. The highest BCUT2D eigenvalue weighted by atomic mass is 35.5. The van der Waals surface area contributed by atoms with Crippen LogP contribution in [0.15, 0.2) is 18.2 Å². The van der Waals surface area contributed by atoms with E-state index >= 15 is 0 Å². The molecule has 0 aliphatic carbocycles. The first-order valence-corrected chi connectivity index (χ1v) is 6.44. The van der Waals surface area contributed by atoms with E-state index in [9.17, 15) is 0 Å². The molecule has 108 valence electrons. The Bertz CT molecular complexity index is 687. The molecule has 0 spiro atoms. The molecular formula is C13H12ClN5O2. The van der Waals surface area contributed by atoms with Gasteiger partial charge >= 0.3 is 6.01 Å². The summed E-state index contributed by atoms with van der Waals surface area (Å²) in [6.45, 7) is 2.21. The number of nitrogens with zero attached hydrogens (tertiary/aromatic N) is 4. The second-order valence-electron chi connectivity index (χ2n) is 3.76. The first-order chi connectivity index (χ1) is 10.2. The molecule has 2 rings (SSSR count). The van der Waals surface area contributed by atoms with Crippen molar-refractivity contribution >= 4 is 23.2 Å². The lowest BCUT2D eigenvalue weighted by atomic mass is 10.2. The quantitative estimate of drug-likeness (QED) is 0.907. The van der Waals surface area contributed by atoms with Gasteiger partial charge in [0.15, 0.2) is 0 Å². The number of nitriles is 1. The third-order valence-corrected chi connectivity index (χ3v) is 2.63. The SMILES string of the molecule is CCOc1nc(Cl)nc(Nc2c(C#N)cccc2OC)n1. The maximum absolute atomic E-state index is 9.16. The number of para-hydroxylation sites is 1. The van der Waals surface area contributed by atoms with Gasteiger partial charge in [0.2, 0.25) is 11.2 Å². The molecule has 1 aromatic carbocycles. The van der Waals surface area contributed by atoms with Crippen LogP contribution in [0.4, 0.5) is 11.6 Å². The number of halogens is 1. The number of hydrogen-bond donors (Lipinski definition) is 1. The van der Waals surface area contributed by atoms with Crippen molar-refractivity contribution in [3.8, 4) is 17.8 Å². The molecule has 0 unspecified atom stereocenters. The monoisotopic (exact) mass is 305 g/mol. The molecule has 0 fully saturated rings. The minimum absolute atomic E-state index is 0.00986. The predicted octanol–water partition coefficient (Wildman–Crippen LogP) is 2.55. The maximum atomic E-state index is 9.16. The first-order valence-electron chi connectivity index (χ1n) is 6.06. The molecule has 1 heterocycles. The van der Waals surface area contributed by atoms with Crippen LogP contribution in [0.2, 0.25) is 5.28 Å². The molecule has 1 aromatic heterocycles. The predicted molar refractivity (Wildman–Crippen MR) is 77.0 cm³/mol. The van der Waals surface area contributed by atoms with Crippen LogP contribution in [0.25, 0.3) is 0 Å². The smallest absolute Gasteiger partial charge is 0.322 e. The van der Waals surface area contributed by atoms with E-state index < -0.39 is 0 Å². The summed E-state index contributed by atoms with van der Waals surface area (Å²) in [6.07, 6.45) is 0. The lowest BCUT2D eigenvalue weighted by Crippen LogP contribution is -2.05. The molecule has 8 heteroatoms. The zero-order chi connectivity index (χ0) is 15.2. The van der Waals surface area contributed by atoms with E-state index in [0.29, 0.717) is 23.6 Å². The van der Waals surface area contributed by atoms with Crippen molar-refractivity contribution < 1.29 is 9.47 Å². The number of aromatic nitrogens is 3. The van der Waals surface area contributed by atoms with E-state index in [2.05, 4.69) is 26.3 Å². The largest absolute Gasteiger partial charge is 0.495 e. The van der Waals surface area contributed by atoms with Gasteiger partial charge in [0.1, 0.15) is 17.5 Å². The van der Waals surface area contributed by atoms with Crippen molar-refractivity contribution in [3.63, 3.8) is 0 Å². The van der Waals surface area contributed by atoms with Gasteiger partial charge in [0, 0.05) is 0 Å². The van der Waals surface area contributed by atoms with E-state index in [-0.39, 0.29) is 17.2 Å². The van der Waals surface area contributed by atoms with E-state index in [1.54, 1.807) is 25.1 Å². The van der Waals surface area contributed by atoms with Crippen molar-refractivity contribution in [1.29, 1.82) is 5.26 Å². The summed E-state index contributed by atoms with van der Waals surface area (Å²) in [5.74, 6) is 0.656. The molecule has 0 atom stereocenters. The zero-order valence-electron chi connectivity index (χ0n) is 11.4. The van der Waals surface area contributed by atoms with E-state index in [0.717, 1.165) is 0 Å². The van der Waals surface area contributed by atoms with Gasteiger partial charge in [-0.1, -0.05) is 6.07 Å². The molecule has 0 saturated heterocycles. The Labute approximate surface area is 126 Å². The molecule has 0 amide bonds. The molecular weight excluding hydrogens is 294 g/mol. The molecule has 0 aliphatic heterocycles. The zero-order valence-corrected chi connectivity index (χ0v) is 12.2. The average Bonchev–Trinajstić information content (AvgIpc) is 2.47. The molecule has 21 heavy (non-hydrogen) atoms. The lowest BCUT2D eigenvalue weighted by molar-refractivity contribution is 0.312. The molecule has 0 saturated carbocycles. The molecule has 0 aliphatic rings. The van der Waals surface area contributed by atoms with Crippen LogP contribution in [0.1, 0.15) is 12.5 Å². The molecule has 1 N–H and O–H groups in total. The number of benzene rings is 1. The van der Waals surface area contributed by atoms with Gasteiger partial charge in [-0.25, -0.2) is 0 Å². The average molecular weight is 306 g/mol. The summed E-state index contributed by atoms with van der Waals surface area (Å²) in [7, 11) is 1.51. The van der Waals surface area contributed by atoms with E-state index in [4.69, 9.17) is 26.3 Å². The number of nitrogens with one attached hydrogen (secondary N) is 1. The molecule has 0 bridgehead atoms. The second kappa shape index (κ2) is 6.72. The van der Waals surface area contributed by atoms with Gasteiger partial charge in [-0.2, -0.15) is 20.2 Å². The van der Waals surface area contributed by atoms with Crippen LogP contribution in [-0.2, 0) is 0 Å². The van der Waals surface area contributed by atoms with Crippen molar-refractivity contribution in [3.05, 3.63) is 29.0 Å². The third-order valence-electron chi connectivity index (χ3n) is 2.46. The van der Waals surface area contributed by atoms with Crippen LogP contribution in [0.3, 0.4) is 0 Å². The van der Waals surface area contributed by atoms with Gasteiger partial charge < -0.3 is 14.8 Å². The van der Waals surface area contributed by atoms with Gasteiger partial charge in [0.25, 0.3) is 0 Å². The number of methoxy groups -OCH3 is 1. The standard InChI is InChI=1S/C13H12ClN5O2/c1-3-21-13-18-11(14)17-12(19-13)16-10-8(7-15)5-4-6-9(10)20-2/h4-6H,3H2,1-2H3,(H,16,17,18,19). The van der Waals surface area contributed by atoms with Crippen LogP contribution in [-0.4, -0.2) is 28.7 Å². The number of rotatable bonds is 5. The summed E-state index contributed by atoms with van der Waals surface area (Å²) < 4.78 is 10.4. The topological polar surface area (TPSA) is 93.0 Å². The minimum atomic E-state index is -0.00986. The van der Waals surface area contributed by atoms with E-state index in [1.807, 2.05) is 0 Å². The number of hydrogen-bond acceptors (Lipinski definition) is 7. The normalized spacial score (nSPS) is 9.81. The number of anilines is 2. The Balaban J connectivity index is 2.40. The fraction of sp³-hybridized carbons (Fsp3) is 0.231. The van der Waals surface area contributed by atoms with Gasteiger partial charge in [-0.3, -0.25) is 0 Å². The lowest BCUT2D eigenvalue weighted by Gasteiger charge is -2.11. The Kier molecular flexibility index (Phi) is 4.74. The van der Waals surface area contributed by atoms with Gasteiger partial charge in [0.05, 0.1) is 19.3 Å². The highest BCUT2D eigenvalue weighted by Crippen LogP contribution is 2.30. The third kappa shape index (κ3) is 3.49. The fourth-order valence-corrected chi connectivity index (χ4v) is 1.77. The maximum Gasteiger partial charge on any atom is 0.322 e. The summed E-state index contributed by atoms with van der Waals surface area (Å²) in [4.78, 5) is 11.8. The highest BCUT2D eigenvalue weighted by molar-refractivity contribution is 6.28. The van der Waals surface area contributed by atoms with Crippen LogP contribution in [0.5, 0.6) is 11.8 Å². The second-order valence-corrected chi connectivity index (χ2v) is 4.10. The Hall–Kier alpha value is -2.59. The van der Waals surface area contributed by atoms with Crippen LogP contribution < -0.4 is 14.8 Å². The Morgan fingerprint density at radius 2 is 2.14 bits per heavy atom. The Morgan fingerprint density at radius 3 is 2.81 bits per heavy atom. The highest BCUT2D eigenvalue weighted by Gasteiger charge is 2.12. The van der Waals surface area contributed by atoms with Crippen molar-refractivity contribution in [2.45, 2.75) is 6.92 Å². The first kappa shape index (κ1) is 14.8. The summed E-state index contributed by atoms with van der Waals surface area (Å²) in [5.41, 5.74) is 0.844. The van der Waals surface area contributed by atoms with Crippen molar-refractivity contribution in [1.82, 2.24) is 15.0 Å². The molecule has 7 nitrogen and oxygen atoms in total. The van der Waals surface area contributed by atoms with Gasteiger partial charge in [-0.05, 0) is 30.7 Å². The minimum Gasteiger partial charge on any atom is -0.495 e. The number of ether oxygens (including phenoxy) is 2. The molecule has 2 aromatic rings. The van der Waals surface area contributed by atoms with E-state index in [1.165, 1.54) is 7.11 Å². The van der Waals surface area contributed by atoms with Crippen LogP contribution in [0, 0.1) is 11.3 Å². The fourth-order valence-electron chi connectivity index (χ4n) is 1.62. The summed E-state index contributed by atoms with van der Waals surface area (Å²) in [5, 5.41) is 12.1. The Morgan fingerprint density at radius 1 is 1.33 bits per heavy atom.